The fourth-order valence-corrected chi connectivity index (χ4v) is 0.812. The molecule has 1 fully saturated rings. The van der Waals surface area contributed by atoms with E-state index in [-0.39, 0.29) is 0 Å². The average molecular weight is 143 g/mol. The summed E-state index contributed by atoms with van der Waals surface area (Å²) in [6.45, 7) is 0. The lowest BCUT2D eigenvalue weighted by atomic mass is 10.1. The molecule has 1 aliphatic rings. The molecule has 0 unspecified atom stereocenters. The first-order valence-electron chi connectivity index (χ1n) is 2.93. The summed E-state index contributed by atoms with van der Waals surface area (Å²) in [4.78, 5) is 21.0. The van der Waals surface area contributed by atoms with Crippen LogP contribution in [-0.4, -0.2) is 19.0 Å². The predicted molar refractivity (Wildman–Crippen MR) is 28.7 cm³/mol. The Bertz CT molecular complexity index is 180. The van der Waals surface area contributed by atoms with Crippen LogP contribution in [-0.2, 0) is 14.3 Å². The molecule has 1 aliphatic carbocycles. The molecule has 0 heterocycles. The molecule has 0 saturated heterocycles. The van der Waals surface area contributed by atoms with Gasteiger partial charge in [0.2, 0.25) is 0 Å². The lowest BCUT2D eigenvalue weighted by Gasteiger charge is -2.11. The Morgan fingerprint density at radius 1 is 1.50 bits per heavy atom. The van der Waals surface area contributed by atoms with Crippen LogP contribution in [0.2, 0.25) is 0 Å². The maximum atomic E-state index is 10.7. The number of carboxylic acid groups (broad SMARTS) is 1. The summed E-state index contributed by atoms with van der Waals surface area (Å²) in [5.41, 5.74) is -1.30. The molecule has 0 amide bonds. The van der Waals surface area contributed by atoms with Gasteiger partial charge in [0.25, 0.3) is 0 Å². The van der Waals surface area contributed by atoms with E-state index in [0.29, 0.717) is 12.8 Å². The van der Waals surface area contributed by atoms with Crippen molar-refractivity contribution in [1.82, 2.24) is 0 Å². The Labute approximate surface area is 57.8 Å². The summed E-state index contributed by atoms with van der Waals surface area (Å²) >= 11 is 0. The third-order valence-electron chi connectivity index (χ3n) is 1.72. The van der Waals surface area contributed by atoms with Gasteiger partial charge in [-0.3, -0.25) is 4.79 Å². The largest absolute Gasteiger partial charge is 0.549 e. The normalized spacial score (nSPS) is 19.7. The minimum absolute atomic E-state index is 0.349. The lowest BCUT2D eigenvalue weighted by Crippen LogP contribution is -2.38. The average Bonchev–Trinajstić information content (AvgIpc) is 2.65. The molecule has 0 aromatic carbocycles. The first kappa shape index (κ1) is 7.05. The number of methoxy groups -OCH3 is 1. The summed E-state index contributed by atoms with van der Waals surface area (Å²) in [6.07, 6.45) is 0.698. The van der Waals surface area contributed by atoms with Gasteiger partial charge in [0.1, 0.15) is 5.41 Å². The number of hydrogen-bond donors (Lipinski definition) is 0. The minimum atomic E-state index is -1.32. The van der Waals surface area contributed by atoms with Gasteiger partial charge < -0.3 is 14.6 Å². The number of carbonyl (C=O) groups excluding carboxylic acids is 2. The number of rotatable bonds is 2. The van der Waals surface area contributed by atoms with Gasteiger partial charge in [-0.05, 0) is 12.8 Å². The first-order chi connectivity index (χ1) is 4.63. The van der Waals surface area contributed by atoms with Gasteiger partial charge in [0.05, 0.1) is 13.1 Å². The highest BCUT2D eigenvalue weighted by molar-refractivity contribution is 6.01. The number of esters is 1. The van der Waals surface area contributed by atoms with Crippen LogP contribution >= 0.6 is 0 Å². The molecule has 4 nitrogen and oxygen atoms in total. The van der Waals surface area contributed by atoms with Crippen LogP contribution < -0.4 is 5.11 Å². The highest BCUT2D eigenvalue weighted by Gasteiger charge is 2.52. The number of carbonyl (C=O) groups is 2. The molecule has 0 aliphatic heterocycles. The van der Waals surface area contributed by atoms with Crippen LogP contribution in [0.3, 0.4) is 0 Å². The van der Waals surface area contributed by atoms with Crippen molar-refractivity contribution < 1.29 is 19.4 Å². The minimum Gasteiger partial charge on any atom is -0.549 e. The SMILES string of the molecule is COC(=O)C1(C(=O)[O-])CC1. The fraction of sp³-hybridized carbons (Fsp3) is 0.667. The zero-order valence-corrected chi connectivity index (χ0v) is 5.55. The van der Waals surface area contributed by atoms with Gasteiger partial charge >= 0.3 is 5.97 Å². The molecule has 10 heavy (non-hydrogen) atoms. The number of ether oxygens (including phenoxy) is 1. The highest BCUT2D eigenvalue weighted by atomic mass is 16.5. The van der Waals surface area contributed by atoms with Crippen LogP contribution in [0.5, 0.6) is 0 Å². The van der Waals surface area contributed by atoms with Crippen LogP contribution in [0, 0.1) is 5.41 Å². The summed E-state index contributed by atoms with van der Waals surface area (Å²) in [5, 5.41) is 10.3. The summed E-state index contributed by atoms with van der Waals surface area (Å²) in [7, 11) is 1.17. The highest BCUT2D eigenvalue weighted by Crippen LogP contribution is 2.45. The first-order valence-corrected chi connectivity index (χ1v) is 2.93. The Kier molecular flexibility index (Phi) is 1.39. The van der Waals surface area contributed by atoms with Gasteiger partial charge in [-0.25, -0.2) is 0 Å². The Balaban J connectivity index is 2.69. The molecular formula is C6H7O4-. The van der Waals surface area contributed by atoms with Crippen LogP contribution in [0.4, 0.5) is 0 Å². The molecular weight excluding hydrogens is 136 g/mol. The third-order valence-corrected chi connectivity index (χ3v) is 1.72. The Morgan fingerprint density at radius 2 is 2.00 bits per heavy atom. The zero-order valence-electron chi connectivity index (χ0n) is 5.55. The number of hydrogen-bond acceptors (Lipinski definition) is 4. The molecule has 0 aromatic rings. The molecule has 0 aromatic heterocycles. The summed E-state index contributed by atoms with van der Waals surface area (Å²) in [6, 6.07) is 0. The molecule has 1 rings (SSSR count). The second-order valence-electron chi connectivity index (χ2n) is 2.36. The van der Waals surface area contributed by atoms with Crippen molar-refractivity contribution in [2.75, 3.05) is 7.11 Å². The molecule has 0 radical (unpaired) electrons. The quantitative estimate of drug-likeness (QED) is 0.355. The molecule has 1 saturated carbocycles. The van der Waals surface area contributed by atoms with Gasteiger partial charge in [-0.1, -0.05) is 0 Å². The van der Waals surface area contributed by atoms with Gasteiger partial charge in [-0.2, -0.15) is 0 Å². The van der Waals surface area contributed by atoms with Crippen molar-refractivity contribution in [3.63, 3.8) is 0 Å². The maximum absolute atomic E-state index is 10.7. The van der Waals surface area contributed by atoms with E-state index in [0.717, 1.165) is 0 Å². The molecule has 4 heteroatoms. The molecule has 0 N–H and O–H groups in total. The second-order valence-corrected chi connectivity index (χ2v) is 2.36. The topological polar surface area (TPSA) is 66.4 Å². The predicted octanol–water partition coefficient (Wildman–Crippen LogP) is -1.31. The van der Waals surface area contributed by atoms with E-state index in [4.69, 9.17) is 0 Å². The van der Waals surface area contributed by atoms with Gasteiger partial charge in [-0.15, -0.1) is 0 Å². The van der Waals surface area contributed by atoms with E-state index in [1.807, 2.05) is 0 Å². The van der Waals surface area contributed by atoms with Crippen molar-refractivity contribution >= 4 is 11.9 Å². The second kappa shape index (κ2) is 1.97. The van der Waals surface area contributed by atoms with E-state index in [1.54, 1.807) is 0 Å². The van der Waals surface area contributed by atoms with E-state index in [1.165, 1.54) is 7.11 Å². The fourth-order valence-electron chi connectivity index (χ4n) is 0.812. The van der Waals surface area contributed by atoms with E-state index >= 15 is 0 Å². The van der Waals surface area contributed by atoms with Crippen molar-refractivity contribution in [1.29, 1.82) is 0 Å². The van der Waals surface area contributed by atoms with Crippen LogP contribution in [0.1, 0.15) is 12.8 Å². The van der Waals surface area contributed by atoms with Crippen molar-refractivity contribution in [2.24, 2.45) is 5.41 Å². The summed E-state index contributed by atoms with van der Waals surface area (Å²) < 4.78 is 4.28. The Morgan fingerprint density at radius 3 is 2.10 bits per heavy atom. The third kappa shape index (κ3) is 0.761. The van der Waals surface area contributed by atoms with Gasteiger partial charge in [0.15, 0.2) is 0 Å². The number of aliphatic carboxylic acids is 1. The molecule has 0 bridgehead atoms. The lowest BCUT2D eigenvalue weighted by molar-refractivity contribution is -0.312. The van der Waals surface area contributed by atoms with Crippen LogP contribution in [0.15, 0.2) is 0 Å². The summed E-state index contributed by atoms with van der Waals surface area (Å²) in [5.74, 6) is -2.01. The van der Waals surface area contributed by atoms with Crippen molar-refractivity contribution in [3.8, 4) is 0 Å². The van der Waals surface area contributed by atoms with Crippen molar-refractivity contribution in [3.05, 3.63) is 0 Å². The smallest absolute Gasteiger partial charge is 0.317 e. The standard InChI is InChI=1S/C6H8O4/c1-10-5(9)6(2-3-6)4(7)8/h2-3H2,1H3,(H,7,8)/p-1. The molecule has 0 spiro atoms. The molecule has 56 valence electrons. The monoisotopic (exact) mass is 143 g/mol. The molecule has 0 atom stereocenters. The van der Waals surface area contributed by atoms with Gasteiger partial charge in [0, 0.05) is 0 Å². The maximum Gasteiger partial charge on any atom is 0.317 e. The van der Waals surface area contributed by atoms with Crippen LogP contribution in [0.25, 0.3) is 0 Å². The van der Waals surface area contributed by atoms with E-state index in [9.17, 15) is 14.7 Å². The zero-order chi connectivity index (χ0) is 7.78. The van der Waals surface area contributed by atoms with Crippen molar-refractivity contribution in [2.45, 2.75) is 12.8 Å². The number of carboxylic acids is 1. The van der Waals surface area contributed by atoms with E-state index < -0.39 is 17.4 Å². The van der Waals surface area contributed by atoms with E-state index in [2.05, 4.69) is 4.74 Å². The Hall–Kier alpha value is -1.06.